The van der Waals surface area contributed by atoms with E-state index in [0.717, 1.165) is 42.2 Å². The number of nitrogens with one attached hydrogen (secondary N) is 1. The van der Waals surface area contributed by atoms with Crippen LogP contribution < -0.4 is 5.32 Å². The molecule has 21 heavy (non-hydrogen) atoms. The van der Waals surface area contributed by atoms with E-state index in [1.807, 2.05) is 11.4 Å². The molecule has 0 spiro atoms. The number of nitrogens with zero attached hydrogens (tertiary/aromatic N) is 2. The topological polar surface area (TPSA) is 88.3 Å². The molecule has 0 fully saturated rings. The number of nitro benzene ring substituents is 1. The van der Waals surface area contributed by atoms with Crippen LogP contribution in [0.2, 0.25) is 0 Å². The molecule has 0 aliphatic heterocycles. The molecule has 0 saturated carbocycles. The van der Waals surface area contributed by atoms with Crippen LogP contribution in [0.25, 0.3) is 11.3 Å². The summed E-state index contributed by atoms with van der Waals surface area (Å²) in [6, 6.07) is 6.51. The van der Waals surface area contributed by atoms with E-state index >= 15 is 0 Å². The lowest BCUT2D eigenvalue weighted by Gasteiger charge is -2.00. The lowest BCUT2D eigenvalue weighted by atomic mass is 10.1. The molecule has 0 radical (unpaired) electrons. The average Bonchev–Trinajstić information content (AvgIpc) is 2.96. The number of non-ortho nitro benzene ring substituents is 1. The number of benzene rings is 1. The van der Waals surface area contributed by atoms with Gasteiger partial charge < -0.3 is 10.4 Å². The lowest BCUT2D eigenvalue weighted by molar-refractivity contribution is -0.384. The van der Waals surface area contributed by atoms with Crippen molar-refractivity contribution in [3.63, 3.8) is 0 Å². The minimum absolute atomic E-state index is 0.0766. The Morgan fingerprint density at radius 3 is 3.00 bits per heavy atom. The van der Waals surface area contributed by atoms with Crippen LogP contribution in [0, 0.1) is 10.1 Å². The molecule has 1 heterocycles. The van der Waals surface area contributed by atoms with Crippen LogP contribution in [-0.4, -0.2) is 34.7 Å². The molecule has 1 aromatic heterocycles. The first kappa shape index (κ1) is 15.6. The molecule has 0 saturated heterocycles. The smallest absolute Gasteiger partial charge is 0.270 e. The van der Waals surface area contributed by atoms with Gasteiger partial charge in [0.2, 0.25) is 0 Å². The minimum atomic E-state index is -0.401. The summed E-state index contributed by atoms with van der Waals surface area (Å²) in [7, 11) is 0. The fourth-order valence-electron chi connectivity index (χ4n) is 1.86. The number of rotatable bonds is 8. The largest absolute Gasteiger partial charge is 0.396 e. The zero-order valence-corrected chi connectivity index (χ0v) is 12.3. The standard InChI is InChI=1S/C14H17N3O3S/c18-8-2-6-15-7-5-14-16-13(10-21-14)11-3-1-4-12(9-11)17(19)20/h1,3-4,9-10,15,18H,2,5-8H2. The quantitative estimate of drug-likeness (QED) is 0.443. The second kappa shape index (κ2) is 7.82. The summed E-state index contributed by atoms with van der Waals surface area (Å²) in [4.78, 5) is 14.9. The monoisotopic (exact) mass is 307 g/mol. The first-order valence-electron chi connectivity index (χ1n) is 6.71. The van der Waals surface area contributed by atoms with Gasteiger partial charge in [0.1, 0.15) is 0 Å². The van der Waals surface area contributed by atoms with Crippen molar-refractivity contribution in [2.24, 2.45) is 0 Å². The van der Waals surface area contributed by atoms with E-state index in [0.29, 0.717) is 0 Å². The van der Waals surface area contributed by atoms with E-state index in [-0.39, 0.29) is 12.3 Å². The zero-order chi connectivity index (χ0) is 15.1. The van der Waals surface area contributed by atoms with Crippen molar-refractivity contribution < 1.29 is 10.0 Å². The fourth-order valence-corrected chi connectivity index (χ4v) is 2.67. The van der Waals surface area contributed by atoms with Gasteiger partial charge >= 0.3 is 0 Å². The number of hydrogen-bond donors (Lipinski definition) is 2. The molecular formula is C14H17N3O3S. The fraction of sp³-hybridized carbons (Fsp3) is 0.357. The summed E-state index contributed by atoms with van der Waals surface area (Å²) >= 11 is 1.55. The maximum absolute atomic E-state index is 10.8. The number of thiazole rings is 1. The van der Waals surface area contributed by atoms with Crippen molar-refractivity contribution in [3.8, 4) is 11.3 Å². The average molecular weight is 307 g/mol. The van der Waals surface area contributed by atoms with Crippen LogP contribution in [0.15, 0.2) is 29.6 Å². The summed E-state index contributed by atoms with van der Waals surface area (Å²) in [5, 5.41) is 25.6. The molecule has 0 atom stereocenters. The predicted molar refractivity (Wildman–Crippen MR) is 82.5 cm³/mol. The van der Waals surface area contributed by atoms with Crippen LogP contribution in [0.5, 0.6) is 0 Å². The van der Waals surface area contributed by atoms with E-state index in [1.165, 1.54) is 6.07 Å². The third kappa shape index (κ3) is 4.59. The summed E-state index contributed by atoms with van der Waals surface area (Å²) in [5.41, 5.74) is 1.61. The second-order valence-electron chi connectivity index (χ2n) is 4.51. The van der Waals surface area contributed by atoms with Gasteiger partial charge in [0.25, 0.3) is 5.69 Å². The van der Waals surface area contributed by atoms with Gasteiger partial charge in [0, 0.05) is 42.6 Å². The predicted octanol–water partition coefficient (Wildman–Crippen LogP) is 2.23. The number of aliphatic hydroxyl groups excluding tert-OH is 1. The Labute approximate surface area is 126 Å². The summed E-state index contributed by atoms with van der Waals surface area (Å²) in [5.74, 6) is 0. The van der Waals surface area contributed by atoms with Gasteiger partial charge in [-0.2, -0.15) is 0 Å². The number of nitro groups is 1. The van der Waals surface area contributed by atoms with Gasteiger partial charge in [0.15, 0.2) is 0 Å². The minimum Gasteiger partial charge on any atom is -0.396 e. The molecule has 7 heteroatoms. The molecular weight excluding hydrogens is 290 g/mol. The van der Waals surface area contributed by atoms with Gasteiger partial charge in [-0.05, 0) is 13.0 Å². The molecule has 0 unspecified atom stereocenters. The highest BCUT2D eigenvalue weighted by Crippen LogP contribution is 2.25. The molecule has 2 aromatic rings. The van der Waals surface area contributed by atoms with Crippen LogP contribution in [0.1, 0.15) is 11.4 Å². The Morgan fingerprint density at radius 2 is 2.24 bits per heavy atom. The van der Waals surface area contributed by atoms with E-state index < -0.39 is 4.92 Å². The number of aliphatic hydroxyl groups is 1. The van der Waals surface area contributed by atoms with Crippen molar-refractivity contribution >= 4 is 17.0 Å². The van der Waals surface area contributed by atoms with Crippen molar-refractivity contribution in [2.45, 2.75) is 12.8 Å². The third-order valence-electron chi connectivity index (χ3n) is 2.93. The Bertz CT molecular complexity index is 601. The summed E-state index contributed by atoms with van der Waals surface area (Å²) in [6.45, 7) is 1.79. The van der Waals surface area contributed by atoms with E-state index in [1.54, 1.807) is 23.5 Å². The molecule has 112 valence electrons. The molecule has 0 aliphatic rings. The first-order valence-corrected chi connectivity index (χ1v) is 7.59. The number of hydrogen-bond acceptors (Lipinski definition) is 6. The molecule has 6 nitrogen and oxygen atoms in total. The van der Waals surface area contributed by atoms with Gasteiger partial charge in [-0.3, -0.25) is 10.1 Å². The van der Waals surface area contributed by atoms with Gasteiger partial charge in [-0.25, -0.2) is 4.98 Å². The van der Waals surface area contributed by atoms with Gasteiger partial charge in [0.05, 0.1) is 15.6 Å². The number of aromatic nitrogens is 1. The highest BCUT2D eigenvalue weighted by Gasteiger charge is 2.09. The van der Waals surface area contributed by atoms with Crippen molar-refractivity contribution in [3.05, 3.63) is 44.8 Å². The summed E-state index contributed by atoms with van der Waals surface area (Å²) < 4.78 is 0. The van der Waals surface area contributed by atoms with Gasteiger partial charge in [-0.1, -0.05) is 12.1 Å². The Morgan fingerprint density at radius 1 is 1.38 bits per heavy atom. The Balaban J connectivity index is 1.96. The van der Waals surface area contributed by atoms with E-state index in [4.69, 9.17) is 5.11 Å². The highest BCUT2D eigenvalue weighted by molar-refractivity contribution is 7.09. The molecule has 0 amide bonds. The lowest BCUT2D eigenvalue weighted by Crippen LogP contribution is -2.19. The third-order valence-corrected chi connectivity index (χ3v) is 3.84. The van der Waals surface area contributed by atoms with Crippen LogP contribution in [-0.2, 0) is 6.42 Å². The molecule has 0 bridgehead atoms. The normalized spacial score (nSPS) is 10.7. The molecule has 2 rings (SSSR count). The van der Waals surface area contributed by atoms with Crippen LogP contribution in [0.3, 0.4) is 0 Å². The maximum atomic E-state index is 10.8. The zero-order valence-electron chi connectivity index (χ0n) is 11.5. The molecule has 1 aromatic carbocycles. The molecule has 2 N–H and O–H groups in total. The SMILES string of the molecule is O=[N+]([O-])c1cccc(-c2csc(CCNCCCO)n2)c1. The van der Waals surface area contributed by atoms with Crippen molar-refractivity contribution in [2.75, 3.05) is 19.7 Å². The second-order valence-corrected chi connectivity index (χ2v) is 5.45. The van der Waals surface area contributed by atoms with Crippen LogP contribution in [0.4, 0.5) is 5.69 Å². The highest BCUT2D eigenvalue weighted by atomic mass is 32.1. The van der Waals surface area contributed by atoms with Gasteiger partial charge in [-0.15, -0.1) is 11.3 Å². The Kier molecular flexibility index (Phi) is 5.79. The van der Waals surface area contributed by atoms with Crippen molar-refractivity contribution in [1.29, 1.82) is 0 Å². The van der Waals surface area contributed by atoms with E-state index in [9.17, 15) is 10.1 Å². The first-order chi connectivity index (χ1) is 10.2. The van der Waals surface area contributed by atoms with Crippen molar-refractivity contribution in [1.82, 2.24) is 10.3 Å². The summed E-state index contributed by atoms with van der Waals surface area (Å²) in [6.07, 6.45) is 1.56. The maximum Gasteiger partial charge on any atom is 0.270 e. The molecule has 0 aliphatic carbocycles. The van der Waals surface area contributed by atoms with E-state index in [2.05, 4.69) is 10.3 Å². The van der Waals surface area contributed by atoms with Crippen LogP contribution >= 0.6 is 11.3 Å². The Hall–Kier alpha value is -1.83.